The van der Waals surface area contributed by atoms with Crippen LogP contribution in [0.4, 0.5) is 0 Å². The van der Waals surface area contributed by atoms with E-state index in [0.29, 0.717) is 6.54 Å². The van der Waals surface area contributed by atoms with Crippen LogP contribution >= 0.6 is 0 Å². The van der Waals surface area contributed by atoms with Crippen molar-refractivity contribution < 1.29 is 19.4 Å². The number of nitrogens with zero attached hydrogens (tertiary/aromatic N) is 2. The van der Waals surface area contributed by atoms with Gasteiger partial charge in [0.2, 0.25) is 11.8 Å². The van der Waals surface area contributed by atoms with Gasteiger partial charge in [0.1, 0.15) is 5.75 Å². The number of carbonyl (C=O) groups excluding carboxylic acids is 2. The first-order valence-corrected chi connectivity index (χ1v) is 11.6. The van der Waals surface area contributed by atoms with Crippen LogP contribution in [0.1, 0.15) is 37.2 Å². The van der Waals surface area contributed by atoms with Gasteiger partial charge in [-0.05, 0) is 41.7 Å². The molecule has 3 aliphatic rings. The van der Waals surface area contributed by atoms with Crippen molar-refractivity contribution in [1.82, 2.24) is 9.80 Å². The van der Waals surface area contributed by atoms with E-state index in [1.54, 1.807) is 16.9 Å². The summed E-state index contributed by atoms with van der Waals surface area (Å²) in [7, 11) is 1.65. The Morgan fingerprint density at radius 1 is 1.03 bits per heavy atom. The summed E-state index contributed by atoms with van der Waals surface area (Å²) in [5.74, 6) is 1.03. The summed E-state index contributed by atoms with van der Waals surface area (Å²) in [6.07, 6.45) is 4.08. The lowest BCUT2D eigenvalue weighted by Gasteiger charge is -2.59. The molecule has 3 fully saturated rings. The third kappa shape index (κ3) is 3.56. The van der Waals surface area contributed by atoms with E-state index < -0.39 is 0 Å². The summed E-state index contributed by atoms with van der Waals surface area (Å²) in [6, 6.07) is 16.0. The zero-order chi connectivity index (χ0) is 22.2. The first kappa shape index (κ1) is 21.0. The van der Waals surface area contributed by atoms with Gasteiger partial charge in [0.25, 0.3) is 0 Å². The minimum Gasteiger partial charge on any atom is -0.497 e. The number of benzene rings is 2. The van der Waals surface area contributed by atoms with Gasteiger partial charge in [-0.2, -0.15) is 0 Å². The normalized spacial score (nSPS) is 25.4. The van der Waals surface area contributed by atoms with Gasteiger partial charge >= 0.3 is 0 Å². The molecule has 2 heterocycles. The van der Waals surface area contributed by atoms with E-state index in [9.17, 15) is 14.7 Å². The fourth-order valence-corrected chi connectivity index (χ4v) is 5.78. The van der Waals surface area contributed by atoms with Crippen molar-refractivity contribution in [3.63, 3.8) is 0 Å². The van der Waals surface area contributed by atoms with Crippen LogP contribution in [0.15, 0.2) is 48.5 Å². The molecule has 1 N–H and O–H groups in total. The average Bonchev–Trinajstić information content (AvgIpc) is 3.35. The molecule has 3 atom stereocenters. The van der Waals surface area contributed by atoms with Gasteiger partial charge in [0, 0.05) is 18.4 Å². The maximum absolute atomic E-state index is 13.0. The predicted molar refractivity (Wildman–Crippen MR) is 121 cm³/mol. The zero-order valence-corrected chi connectivity index (χ0v) is 18.4. The van der Waals surface area contributed by atoms with Gasteiger partial charge < -0.3 is 19.6 Å². The van der Waals surface area contributed by atoms with Gasteiger partial charge in [0.05, 0.1) is 32.3 Å². The minimum absolute atomic E-state index is 0.0352. The molecular weight excluding hydrogens is 404 g/mol. The summed E-state index contributed by atoms with van der Waals surface area (Å²) in [6.45, 7) is 0.637. The largest absolute Gasteiger partial charge is 0.497 e. The van der Waals surface area contributed by atoms with Crippen LogP contribution in [-0.4, -0.2) is 65.6 Å². The molecular formula is C26H30N2O4. The lowest BCUT2D eigenvalue weighted by Crippen LogP contribution is -2.73. The Kier molecular flexibility index (Phi) is 5.64. The van der Waals surface area contributed by atoms with E-state index in [-0.39, 0.29) is 48.9 Å². The quantitative estimate of drug-likeness (QED) is 0.785. The van der Waals surface area contributed by atoms with Crippen molar-refractivity contribution in [1.29, 1.82) is 0 Å². The molecule has 2 saturated heterocycles. The standard InChI is InChI=1S/C26H30N2O4/c1-32-21-12-10-18(11-13-21)17-6-8-19(9-7-17)25-22-14-27(26(31)20-4-2-3-5-20)15-24(30)28(22)23(25)16-29/h6-13,20,22-23,25,29H,2-5,14-16H2,1H3/t22-,23+,25-/m0/s1. The van der Waals surface area contributed by atoms with Gasteiger partial charge in [-0.15, -0.1) is 0 Å². The van der Waals surface area contributed by atoms with Crippen molar-refractivity contribution in [2.45, 2.75) is 43.7 Å². The van der Waals surface area contributed by atoms with Crippen LogP contribution in [0.25, 0.3) is 11.1 Å². The Labute approximate surface area is 188 Å². The van der Waals surface area contributed by atoms with Gasteiger partial charge in [0.15, 0.2) is 0 Å². The number of hydrogen-bond acceptors (Lipinski definition) is 4. The monoisotopic (exact) mass is 434 g/mol. The summed E-state index contributed by atoms with van der Waals surface area (Å²) in [5.41, 5.74) is 3.31. The molecule has 0 bridgehead atoms. The molecule has 2 aromatic rings. The topological polar surface area (TPSA) is 70.1 Å². The number of fused-ring (bicyclic) bond motifs is 1. The second-order valence-electron chi connectivity index (χ2n) is 9.19. The second-order valence-corrected chi connectivity index (χ2v) is 9.19. The number of carbonyl (C=O) groups is 2. The summed E-state index contributed by atoms with van der Waals surface area (Å²) in [5, 5.41) is 10.0. The third-order valence-electron chi connectivity index (χ3n) is 7.49. The lowest BCUT2D eigenvalue weighted by molar-refractivity contribution is -0.168. The molecule has 6 nitrogen and oxygen atoms in total. The molecule has 5 rings (SSSR count). The van der Waals surface area contributed by atoms with Gasteiger partial charge in [-0.3, -0.25) is 9.59 Å². The summed E-state index contributed by atoms with van der Waals surface area (Å²) >= 11 is 0. The number of piperazine rings is 1. The van der Waals surface area contributed by atoms with E-state index >= 15 is 0 Å². The highest BCUT2D eigenvalue weighted by atomic mass is 16.5. The molecule has 0 spiro atoms. The Bertz CT molecular complexity index is 982. The molecule has 32 heavy (non-hydrogen) atoms. The van der Waals surface area contributed by atoms with E-state index in [0.717, 1.165) is 48.1 Å². The second kappa shape index (κ2) is 8.58. The highest BCUT2D eigenvalue weighted by molar-refractivity contribution is 5.88. The number of hydrogen-bond donors (Lipinski definition) is 1. The van der Waals surface area contributed by atoms with Crippen LogP contribution in [0, 0.1) is 5.92 Å². The SMILES string of the molecule is COc1ccc(-c2ccc([C@@H]3[C@@H](CO)N4C(=O)CN(C(=O)C5CCCC5)C[C@@H]34)cc2)cc1. The van der Waals surface area contributed by atoms with Crippen molar-refractivity contribution in [2.75, 3.05) is 26.8 Å². The molecule has 2 aliphatic heterocycles. The van der Waals surface area contributed by atoms with Crippen molar-refractivity contribution in [3.05, 3.63) is 54.1 Å². The van der Waals surface area contributed by atoms with E-state index in [1.165, 1.54) is 0 Å². The molecule has 1 aliphatic carbocycles. The number of aliphatic hydroxyl groups is 1. The molecule has 0 aromatic heterocycles. The van der Waals surface area contributed by atoms with E-state index in [4.69, 9.17) is 4.74 Å². The first-order valence-electron chi connectivity index (χ1n) is 11.6. The molecule has 1 saturated carbocycles. The van der Waals surface area contributed by atoms with Gasteiger partial charge in [-0.1, -0.05) is 49.2 Å². The maximum atomic E-state index is 13.0. The number of methoxy groups -OCH3 is 1. The lowest BCUT2D eigenvalue weighted by atomic mass is 9.73. The zero-order valence-electron chi connectivity index (χ0n) is 18.4. The van der Waals surface area contributed by atoms with Crippen LogP contribution in [-0.2, 0) is 9.59 Å². The number of aliphatic hydroxyl groups excluding tert-OH is 1. The maximum Gasteiger partial charge on any atom is 0.242 e. The Morgan fingerprint density at radius 3 is 2.25 bits per heavy atom. The van der Waals surface area contributed by atoms with E-state index in [1.807, 2.05) is 24.3 Å². The summed E-state index contributed by atoms with van der Waals surface area (Å²) in [4.78, 5) is 29.4. The molecule has 2 amide bonds. The predicted octanol–water partition coefficient (Wildman–Crippen LogP) is 3.05. The number of amides is 2. The number of rotatable bonds is 5. The van der Waals surface area contributed by atoms with Gasteiger partial charge in [-0.25, -0.2) is 0 Å². The van der Waals surface area contributed by atoms with Crippen LogP contribution in [0.2, 0.25) is 0 Å². The first-order chi connectivity index (χ1) is 15.6. The van der Waals surface area contributed by atoms with Crippen molar-refractivity contribution in [2.24, 2.45) is 5.92 Å². The fraction of sp³-hybridized carbons (Fsp3) is 0.462. The van der Waals surface area contributed by atoms with Crippen LogP contribution in [0.3, 0.4) is 0 Å². The van der Waals surface area contributed by atoms with Crippen molar-refractivity contribution in [3.8, 4) is 16.9 Å². The Hall–Kier alpha value is -2.86. The molecule has 2 aromatic carbocycles. The van der Waals surface area contributed by atoms with E-state index in [2.05, 4.69) is 24.3 Å². The van der Waals surface area contributed by atoms with Crippen LogP contribution in [0.5, 0.6) is 5.75 Å². The third-order valence-corrected chi connectivity index (χ3v) is 7.49. The highest BCUT2D eigenvalue weighted by Gasteiger charge is 2.54. The average molecular weight is 435 g/mol. The summed E-state index contributed by atoms with van der Waals surface area (Å²) < 4.78 is 5.24. The minimum atomic E-state index is -0.219. The molecule has 0 unspecified atom stereocenters. The fourth-order valence-electron chi connectivity index (χ4n) is 5.78. The van der Waals surface area contributed by atoms with Crippen LogP contribution < -0.4 is 4.74 Å². The highest BCUT2D eigenvalue weighted by Crippen LogP contribution is 2.43. The van der Waals surface area contributed by atoms with Crippen molar-refractivity contribution >= 4 is 11.8 Å². The molecule has 168 valence electrons. The molecule has 6 heteroatoms. The smallest absolute Gasteiger partial charge is 0.242 e. The Balaban J connectivity index is 1.35. The Morgan fingerprint density at radius 2 is 1.66 bits per heavy atom. The number of ether oxygens (including phenoxy) is 1. The molecule has 0 radical (unpaired) electrons.